The van der Waals surface area contributed by atoms with Gasteiger partial charge in [-0.25, -0.2) is 4.79 Å². The van der Waals surface area contributed by atoms with Crippen LogP contribution in [0.4, 0.5) is 4.79 Å². The highest BCUT2D eigenvalue weighted by Crippen LogP contribution is 2.16. The third-order valence-electron chi connectivity index (χ3n) is 2.01. The largest absolute Gasteiger partial charge is 0.464 e. The molecular weight excluding hydrogens is 224 g/mol. The summed E-state index contributed by atoms with van der Waals surface area (Å²) in [5.41, 5.74) is 0.570. The van der Waals surface area contributed by atoms with Crippen LogP contribution in [0.15, 0.2) is 16.5 Å². The van der Waals surface area contributed by atoms with Gasteiger partial charge >= 0.3 is 6.09 Å². The highest BCUT2D eigenvalue weighted by atomic mass is 32.1. The fourth-order valence-corrected chi connectivity index (χ4v) is 1.92. The molecule has 1 amide bonds. The lowest BCUT2D eigenvalue weighted by molar-refractivity contribution is 0.103. The SMILES string of the molecule is Cc1ccsc1C=NN(C(=O)O)C(C)(C)C. The molecule has 0 unspecified atom stereocenters. The van der Waals surface area contributed by atoms with Gasteiger partial charge in [0.05, 0.1) is 11.8 Å². The van der Waals surface area contributed by atoms with Gasteiger partial charge in [-0.15, -0.1) is 11.3 Å². The fourth-order valence-electron chi connectivity index (χ4n) is 1.14. The molecule has 0 aliphatic heterocycles. The Kier molecular flexibility index (Phi) is 3.70. The van der Waals surface area contributed by atoms with Crippen molar-refractivity contribution in [2.45, 2.75) is 33.2 Å². The molecular formula is C11H16N2O2S. The van der Waals surface area contributed by atoms with E-state index < -0.39 is 11.6 Å². The summed E-state index contributed by atoms with van der Waals surface area (Å²) in [7, 11) is 0. The minimum atomic E-state index is -1.04. The van der Waals surface area contributed by atoms with Gasteiger partial charge in [0, 0.05) is 4.88 Å². The molecule has 0 fully saturated rings. The molecule has 0 radical (unpaired) electrons. The van der Waals surface area contributed by atoms with Crippen LogP contribution in [0.5, 0.6) is 0 Å². The third-order valence-corrected chi connectivity index (χ3v) is 2.96. The van der Waals surface area contributed by atoms with Crippen molar-refractivity contribution in [3.05, 3.63) is 21.9 Å². The Morgan fingerprint density at radius 1 is 1.56 bits per heavy atom. The average Bonchev–Trinajstić information content (AvgIpc) is 2.49. The summed E-state index contributed by atoms with van der Waals surface area (Å²) < 4.78 is 0. The van der Waals surface area contributed by atoms with Crippen molar-refractivity contribution in [1.82, 2.24) is 5.01 Å². The molecule has 1 rings (SSSR count). The number of hydrogen-bond acceptors (Lipinski definition) is 3. The molecule has 0 bridgehead atoms. The number of aryl methyl sites for hydroxylation is 1. The number of thiophene rings is 1. The Bertz CT molecular complexity index is 404. The summed E-state index contributed by atoms with van der Waals surface area (Å²) >= 11 is 1.54. The van der Waals surface area contributed by atoms with E-state index in [0.29, 0.717) is 0 Å². The van der Waals surface area contributed by atoms with Gasteiger partial charge in [0.15, 0.2) is 0 Å². The van der Waals surface area contributed by atoms with Crippen LogP contribution in [0.25, 0.3) is 0 Å². The number of carboxylic acid groups (broad SMARTS) is 1. The van der Waals surface area contributed by atoms with E-state index in [0.717, 1.165) is 15.4 Å². The topological polar surface area (TPSA) is 52.9 Å². The van der Waals surface area contributed by atoms with E-state index in [2.05, 4.69) is 5.10 Å². The molecule has 0 aromatic carbocycles. The van der Waals surface area contributed by atoms with Crippen LogP contribution in [0.1, 0.15) is 31.2 Å². The summed E-state index contributed by atoms with van der Waals surface area (Å²) in [5.74, 6) is 0. The van der Waals surface area contributed by atoms with Crippen molar-refractivity contribution in [2.24, 2.45) is 5.10 Å². The van der Waals surface area contributed by atoms with E-state index in [1.165, 1.54) is 0 Å². The molecule has 88 valence electrons. The molecule has 4 nitrogen and oxygen atoms in total. The number of carbonyl (C=O) groups is 1. The van der Waals surface area contributed by atoms with Crippen LogP contribution in [0, 0.1) is 6.92 Å². The average molecular weight is 240 g/mol. The molecule has 16 heavy (non-hydrogen) atoms. The van der Waals surface area contributed by atoms with Gasteiger partial charge in [0.25, 0.3) is 0 Å². The minimum absolute atomic E-state index is 0.534. The van der Waals surface area contributed by atoms with Crippen LogP contribution in [-0.4, -0.2) is 28.0 Å². The van der Waals surface area contributed by atoms with Gasteiger partial charge in [0.2, 0.25) is 0 Å². The van der Waals surface area contributed by atoms with E-state index in [-0.39, 0.29) is 0 Å². The van der Waals surface area contributed by atoms with Crippen LogP contribution >= 0.6 is 11.3 Å². The maximum absolute atomic E-state index is 11.0. The fraction of sp³-hybridized carbons (Fsp3) is 0.455. The molecule has 5 heteroatoms. The van der Waals surface area contributed by atoms with Crippen molar-refractivity contribution >= 4 is 23.6 Å². The number of hydrazone groups is 1. The summed E-state index contributed by atoms with van der Waals surface area (Å²) in [6.07, 6.45) is 0.553. The Labute approximate surface area is 99.2 Å². The van der Waals surface area contributed by atoms with Gasteiger partial charge < -0.3 is 5.11 Å². The number of amides is 1. The lowest BCUT2D eigenvalue weighted by Crippen LogP contribution is -2.41. The Morgan fingerprint density at radius 3 is 2.56 bits per heavy atom. The molecule has 1 aromatic rings. The first-order chi connectivity index (χ1) is 7.32. The number of nitrogens with zero attached hydrogens (tertiary/aromatic N) is 2. The van der Waals surface area contributed by atoms with Crippen LogP contribution in [-0.2, 0) is 0 Å². The third kappa shape index (κ3) is 3.06. The molecule has 1 N–H and O–H groups in total. The van der Waals surface area contributed by atoms with Crippen molar-refractivity contribution in [2.75, 3.05) is 0 Å². The molecule has 0 atom stereocenters. The summed E-state index contributed by atoms with van der Waals surface area (Å²) in [6.45, 7) is 7.39. The zero-order chi connectivity index (χ0) is 12.3. The second kappa shape index (κ2) is 4.65. The molecule has 0 aliphatic carbocycles. The second-order valence-corrected chi connectivity index (χ2v) is 5.43. The zero-order valence-corrected chi connectivity index (χ0v) is 10.7. The minimum Gasteiger partial charge on any atom is -0.464 e. The van der Waals surface area contributed by atoms with Crippen molar-refractivity contribution in [1.29, 1.82) is 0 Å². The number of hydrogen-bond donors (Lipinski definition) is 1. The Balaban J connectivity index is 2.89. The Hall–Kier alpha value is -1.36. The van der Waals surface area contributed by atoms with E-state index in [4.69, 9.17) is 5.11 Å². The Morgan fingerprint density at radius 2 is 2.19 bits per heavy atom. The molecule has 1 aromatic heterocycles. The van der Waals surface area contributed by atoms with Crippen LogP contribution in [0.3, 0.4) is 0 Å². The predicted molar refractivity (Wildman–Crippen MR) is 66.3 cm³/mol. The predicted octanol–water partition coefficient (Wildman–Crippen LogP) is 3.17. The lowest BCUT2D eigenvalue weighted by atomic mass is 10.1. The normalized spacial score (nSPS) is 12.0. The lowest BCUT2D eigenvalue weighted by Gasteiger charge is -2.27. The zero-order valence-electron chi connectivity index (χ0n) is 9.89. The molecule has 1 heterocycles. The maximum Gasteiger partial charge on any atom is 0.428 e. The number of rotatable bonds is 2. The van der Waals surface area contributed by atoms with Crippen molar-refractivity contribution in [3.63, 3.8) is 0 Å². The molecule has 0 saturated carbocycles. The van der Waals surface area contributed by atoms with E-state index >= 15 is 0 Å². The maximum atomic E-state index is 11.0. The van der Waals surface area contributed by atoms with Gasteiger partial charge in [-0.1, -0.05) is 0 Å². The summed E-state index contributed by atoms with van der Waals surface area (Å²) in [6, 6.07) is 1.98. The van der Waals surface area contributed by atoms with Gasteiger partial charge in [0.1, 0.15) is 0 Å². The summed E-state index contributed by atoms with van der Waals surface area (Å²) in [5, 5.41) is 16.1. The van der Waals surface area contributed by atoms with Gasteiger partial charge in [-0.05, 0) is 44.7 Å². The van der Waals surface area contributed by atoms with E-state index in [1.807, 2.05) is 18.4 Å². The quantitative estimate of drug-likeness (QED) is 0.637. The van der Waals surface area contributed by atoms with Crippen LogP contribution in [0.2, 0.25) is 0 Å². The van der Waals surface area contributed by atoms with Gasteiger partial charge in [-0.3, -0.25) is 0 Å². The molecule has 0 aliphatic rings. The van der Waals surface area contributed by atoms with E-state index in [1.54, 1.807) is 38.3 Å². The van der Waals surface area contributed by atoms with Crippen molar-refractivity contribution < 1.29 is 9.90 Å². The monoisotopic (exact) mass is 240 g/mol. The van der Waals surface area contributed by atoms with Gasteiger partial charge in [-0.2, -0.15) is 10.1 Å². The highest BCUT2D eigenvalue weighted by molar-refractivity contribution is 7.11. The van der Waals surface area contributed by atoms with Crippen molar-refractivity contribution in [3.8, 4) is 0 Å². The molecule has 0 saturated heterocycles. The highest BCUT2D eigenvalue weighted by Gasteiger charge is 2.25. The molecule has 0 spiro atoms. The standard InChI is InChI=1S/C11H16N2O2S/c1-8-5-6-16-9(8)7-12-13(10(14)15)11(2,3)4/h5-7H,1-4H3,(H,14,15). The first-order valence-electron chi connectivity index (χ1n) is 4.93. The smallest absolute Gasteiger partial charge is 0.428 e. The second-order valence-electron chi connectivity index (χ2n) is 4.48. The van der Waals surface area contributed by atoms with E-state index in [9.17, 15) is 4.79 Å². The van der Waals surface area contributed by atoms with Crippen LogP contribution < -0.4 is 0 Å². The first-order valence-corrected chi connectivity index (χ1v) is 5.81. The first kappa shape index (κ1) is 12.7. The summed E-state index contributed by atoms with van der Waals surface area (Å²) in [4.78, 5) is 12.0.